The van der Waals surface area contributed by atoms with Gasteiger partial charge in [0.1, 0.15) is 22.7 Å². The minimum Gasteiger partial charge on any atom is -0.449 e. The zero-order valence-electron chi connectivity index (χ0n) is 21.6. The molecule has 0 spiro atoms. The lowest BCUT2D eigenvalue weighted by atomic mass is 10.1. The molecule has 0 aliphatic rings. The van der Waals surface area contributed by atoms with E-state index in [2.05, 4.69) is 5.32 Å². The third kappa shape index (κ3) is 6.79. The molecule has 4 rings (SSSR count). The summed E-state index contributed by atoms with van der Waals surface area (Å²) < 4.78 is 62.5. The van der Waals surface area contributed by atoms with Gasteiger partial charge in [-0.3, -0.25) is 4.79 Å². The van der Waals surface area contributed by atoms with Crippen LogP contribution in [0.2, 0.25) is 0 Å². The molecule has 0 saturated carbocycles. The van der Waals surface area contributed by atoms with E-state index in [1.54, 1.807) is 57.2 Å². The molecule has 4 aromatic rings. The van der Waals surface area contributed by atoms with Crippen LogP contribution in [0, 0.1) is 0 Å². The van der Waals surface area contributed by atoms with Crippen LogP contribution in [0.15, 0.2) is 88.1 Å². The van der Waals surface area contributed by atoms with Gasteiger partial charge in [-0.15, -0.1) is 0 Å². The Kier molecular flexibility index (Phi) is 7.85. The minimum absolute atomic E-state index is 0.00893. The first-order chi connectivity index (χ1) is 18.8. The second-order valence-corrected chi connectivity index (χ2v) is 9.57. The zero-order chi connectivity index (χ0) is 29.1. The molecule has 0 aliphatic heterocycles. The van der Waals surface area contributed by atoms with E-state index in [-0.39, 0.29) is 16.9 Å². The summed E-state index contributed by atoms with van der Waals surface area (Å²) in [6, 6.07) is 17.7. The number of carbonyl (C=O) groups excluding carboxylic acids is 2. The van der Waals surface area contributed by atoms with Gasteiger partial charge in [0.05, 0.1) is 5.39 Å². The molecular formula is C29H24F3NO7. The standard InChI is InChI=1S/C29H24F3NO7/c1-28(2,3)40-27(36)33-22(17-10-6-4-7-11-17)26(35)38-19-14-15-20-21(16-19)39-25(29(30,31)32)24(23(20)34)37-18-12-8-5-9-13-18/h4-16,22H,1-3H3,(H,33,36). The Morgan fingerprint density at radius 1 is 0.875 bits per heavy atom. The molecule has 11 heteroatoms. The Morgan fingerprint density at radius 2 is 1.50 bits per heavy atom. The van der Waals surface area contributed by atoms with E-state index in [0.717, 1.165) is 12.1 Å². The van der Waals surface area contributed by atoms with E-state index in [1.807, 2.05) is 0 Å². The number of rotatable bonds is 6. The SMILES string of the molecule is CC(C)(C)OC(=O)NC(C(=O)Oc1ccc2c(=O)c(Oc3ccccc3)c(C(F)(F)F)oc2c1)c1ccccc1. The van der Waals surface area contributed by atoms with E-state index in [0.29, 0.717) is 5.56 Å². The predicted molar refractivity (Wildman–Crippen MR) is 138 cm³/mol. The third-order valence-electron chi connectivity index (χ3n) is 5.29. The van der Waals surface area contributed by atoms with Crippen LogP contribution in [-0.4, -0.2) is 17.7 Å². The van der Waals surface area contributed by atoms with Crippen LogP contribution in [-0.2, 0) is 15.7 Å². The molecule has 208 valence electrons. The van der Waals surface area contributed by atoms with Gasteiger partial charge in [0.2, 0.25) is 11.2 Å². The number of esters is 1. The highest BCUT2D eigenvalue weighted by atomic mass is 19.4. The van der Waals surface area contributed by atoms with Gasteiger partial charge in [0.15, 0.2) is 6.04 Å². The first kappa shape index (κ1) is 28.2. The van der Waals surface area contributed by atoms with Crippen molar-refractivity contribution in [3.05, 3.63) is 100 Å². The van der Waals surface area contributed by atoms with Crippen molar-refractivity contribution in [3.8, 4) is 17.2 Å². The van der Waals surface area contributed by atoms with Crippen molar-refractivity contribution in [2.75, 3.05) is 0 Å². The van der Waals surface area contributed by atoms with Gasteiger partial charge in [0.25, 0.3) is 5.76 Å². The van der Waals surface area contributed by atoms with Crippen LogP contribution in [0.4, 0.5) is 18.0 Å². The summed E-state index contributed by atoms with van der Waals surface area (Å²) in [5.74, 6) is -3.85. The number of alkyl halides is 3. The Morgan fingerprint density at radius 3 is 2.10 bits per heavy atom. The largest absolute Gasteiger partial charge is 0.453 e. The molecule has 1 N–H and O–H groups in total. The summed E-state index contributed by atoms with van der Waals surface area (Å²) in [7, 11) is 0. The fourth-order valence-electron chi connectivity index (χ4n) is 3.63. The van der Waals surface area contributed by atoms with Crippen molar-refractivity contribution in [2.24, 2.45) is 0 Å². The minimum atomic E-state index is -5.07. The zero-order valence-corrected chi connectivity index (χ0v) is 21.6. The maximum atomic E-state index is 13.9. The van der Waals surface area contributed by atoms with E-state index in [9.17, 15) is 27.6 Å². The number of para-hydroxylation sites is 1. The van der Waals surface area contributed by atoms with Gasteiger partial charge in [-0.2, -0.15) is 13.2 Å². The Bertz CT molecular complexity index is 1580. The van der Waals surface area contributed by atoms with Crippen LogP contribution < -0.4 is 20.2 Å². The summed E-state index contributed by atoms with van der Waals surface area (Å²) in [4.78, 5) is 38.5. The van der Waals surface area contributed by atoms with Crippen LogP contribution in [0.25, 0.3) is 11.0 Å². The van der Waals surface area contributed by atoms with Gasteiger partial charge in [-0.1, -0.05) is 48.5 Å². The van der Waals surface area contributed by atoms with Gasteiger partial charge in [-0.05, 0) is 50.6 Å². The number of fused-ring (bicyclic) bond motifs is 1. The normalized spacial score (nSPS) is 12.4. The number of alkyl carbamates (subject to hydrolysis) is 1. The summed E-state index contributed by atoms with van der Waals surface area (Å²) in [6.45, 7) is 4.95. The molecular weight excluding hydrogens is 531 g/mol. The van der Waals surface area contributed by atoms with E-state index in [1.165, 1.54) is 30.3 Å². The average Bonchev–Trinajstić information content (AvgIpc) is 2.88. The molecule has 1 unspecified atom stereocenters. The smallest absolute Gasteiger partial charge is 0.449 e. The average molecular weight is 556 g/mol. The van der Waals surface area contributed by atoms with Crippen molar-refractivity contribution in [3.63, 3.8) is 0 Å². The molecule has 0 radical (unpaired) electrons. The van der Waals surface area contributed by atoms with Crippen LogP contribution in [0.1, 0.15) is 38.1 Å². The van der Waals surface area contributed by atoms with Crippen molar-refractivity contribution in [1.29, 1.82) is 0 Å². The molecule has 8 nitrogen and oxygen atoms in total. The summed E-state index contributed by atoms with van der Waals surface area (Å²) in [5.41, 5.74) is -2.03. The third-order valence-corrected chi connectivity index (χ3v) is 5.29. The van der Waals surface area contributed by atoms with Gasteiger partial charge in [0, 0.05) is 6.07 Å². The number of benzene rings is 3. The first-order valence-electron chi connectivity index (χ1n) is 12.0. The fourth-order valence-corrected chi connectivity index (χ4v) is 3.63. The van der Waals surface area contributed by atoms with E-state index < -0.39 is 52.4 Å². The highest BCUT2D eigenvalue weighted by molar-refractivity contribution is 5.86. The maximum absolute atomic E-state index is 13.9. The van der Waals surface area contributed by atoms with Crippen molar-refractivity contribution in [1.82, 2.24) is 5.32 Å². The molecule has 1 heterocycles. The van der Waals surface area contributed by atoms with Crippen molar-refractivity contribution in [2.45, 2.75) is 38.6 Å². The fraction of sp³-hybridized carbons (Fsp3) is 0.207. The second-order valence-electron chi connectivity index (χ2n) is 9.57. The maximum Gasteiger partial charge on any atom is 0.453 e. The van der Waals surface area contributed by atoms with Crippen LogP contribution >= 0.6 is 0 Å². The van der Waals surface area contributed by atoms with Crippen molar-refractivity contribution < 1.29 is 41.4 Å². The quantitative estimate of drug-likeness (QED) is 0.207. The number of halogens is 3. The number of amides is 1. The Balaban J connectivity index is 1.68. The molecule has 1 amide bonds. The summed E-state index contributed by atoms with van der Waals surface area (Å²) >= 11 is 0. The molecule has 40 heavy (non-hydrogen) atoms. The number of hydrogen-bond donors (Lipinski definition) is 1. The molecule has 0 fully saturated rings. The number of nitrogens with one attached hydrogen (secondary N) is 1. The monoisotopic (exact) mass is 555 g/mol. The number of hydrogen-bond acceptors (Lipinski definition) is 7. The number of ether oxygens (including phenoxy) is 3. The molecule has 0 bridgehead atoms. The Hall–Kier alpha value is -4.80. The van der Waals surface area contributed by atoms with Crippen LogP contribution in [0.3, 0.4) is 0 Å². The van der Waals surface area contributed by atoms with E-state index >= 15 is 0 Å². The molecule has 0 aliphatic carbocycles. The lowest BCUT2D eigenvalue weighted by Crippen LogP contribution is -2.39. The molecule has 0 saturated heterocycles. The van der Waals surface area contributed by atoms with E-state index in [4.69, 9.17) is 18.6 Å². The summed E-state index contributed by atoms with van der Waals surface area (Å²) in [6.07, 6.45) is -5.96. The highest BCUT2D eigenvalue weighted by Crippen LogP contribution is 2.38. The summed E-state index contributed by atoms with van der Waals surface area (Å²) in [5, 5.41) is 2.21. The first-order valence-corrected chi connectivity index (χ1v) is 12.0. The molecule has 3 aromatic carbocycles. The predicted octanol–water partition coefficient (Wildman–Crippen LogP) is 6.78. The van der Waals surface area contributed by atoms with Gasteiger partial charge < -0.3 is 23.9 Å². The van der Waals surface area contributed by atoms with Crippen molar-refractivity contribution >= 4 is 23.0 Å². The highest BCUT2D eigenvalue weighted by Gasteiger charge is 2.40. The molecule has 1 aromatic heterocycles. The second kappa shape index (κ2) is 11.1. The topological polar surface area (TPSA) is 104 Å². The number of carbonyl (C=O) groups is 2. The van der Waals surface area contributed by atoms with Gasteiger partial charge in [-0.25, -0.2) is 9.59 Å². The lowest BCUT2D eigenvalue weighted by molar-refractivity contribution is -0.154. The molecule has 1 atom stereocenters. The van der Waals surface area contributed by atoms with Crippen LogP contribution in [0.5, 0.6) is 17.2 Å². The van der Waals surface area contributed by atoms with Gasteiger partial charge >= 0.3 is 18.2 Å². The lowest BCUT2D eigenvalue weighted by Gasteiger charge is -2.23. The Labute approximate surface area is 226 Å².